The number of hydrogen-bond donors (Lipinski definition) is 0. The molecule has 0 spiro atoms. The molecule has 1 amide bonds. The number of nitrogens with zero attached hydrogens (tertiary/aromatic N) is 2. The number of ether oxygens (including phenoxy) is 1. The lowest BCUT2D eigenvalue weighted by Gasteiger charge is -2.18. The number of hydrogen-bond acceptors (Lipinski definition) is 5. The summed E-state index contributed by atoms with van der Waals surface area (Å²) in [7, 11) is -1.13. The molecule has 106 valence electrons. The lowest BCUT2D eigenvalue weighted by molar-refractivity contribution is -0.126. The standard InChI is InChI=1S/C11H16N2O4S2/c1-13-7-5-19(15,16)6-9(7)18-11(13)12-10(14)8-3-2-4-17-8/h7-9H,2-6H2,1H3/t7-,8+,9+/m1/s1. The highest BCUT2D eigenvalue weighted by Gasteiger charge is 2.47. The zero-order valence-corrected chi connectivity index (χ0v) is 12.2. The first-order chi connectivity index (χ1) is 8.96. The summed E-state index contributed by atoms with van der Waals surface area (Å²) in [6, 6.07) is -0.0500. The number of thioether (sulfide) groups is 1. The van der Waals surface area contributed by atoms with Gasteiger partial charge in [0.15, 0.2) is 15.0 Å². The van der Waals surface area contributed by atoms with Gasteiger partial charge in [-0.2, -0.15) is 4.99 Å². The summed E-state index contributed by atoms with van der Waals surface area (Å²) in [5, 5.41) is 0.636. The summed E-state index contributed by atoms with van der Waals surface area (Å²) in [5.41, 5.74) is 0. The zero-order valence-electron chi connectivity index (χ0n) is 10.6. The lowest BCUT2D eigenvalue weighted by atomic mass is 10.2. The second kappa shape index (κ2) is 4.75. The first-order valence-electron chi connectivity index (χ1n) is 6.30. The Morgan fingerprint density at radius 1 is 1.47 bits per heavy atom. The van der Waals surface area contributed by atoms with Crippen molar-refractivity contribution in [3.63, 3.8) is 0 Å². The van der Waals surface area contributed by atoms with Gasteiger partial charge in [-0.3, -0.25) is 4.79 Å². The molecule has 0 aromatic heterocycles. The average molecular weight is 304 g/mol. The molecule has 6 nitrogen and oxygen atoms in total. The predicted octanol–water partition coefficient (Wildman–Crippen LogP) is -0.108. The minimum Gasteiger partial charge on any atom is -0.368 e. The number of carbonyl (C=O) groups excluding carboxylic acids is 1. The normalized spacial score (nSPS) is 38.9. The van der Waals surface area contributed by atoms with Gasteiger partial charge in [0.1, 0.15) is 6.10 Å². The van der Waals surface area contributed by atoms with Crippen LogP contribution in [0.3, 0.4) is 0 Å². The van der Waals surface area contributed by atoms with Crippen molar-refractivity contribution in [2.75, 3.05) is 25.2 Å². The second-order valence-corrected chi connectivity index (χ2v) is 8.51. The molecule has 0 radical (unpaired) electrons. The molecule has 3 rings (SSSR count). The van der Waals surface area contributed by atoms with Crippen LogP contribution in [0.4, 0.5) is 0 Å². The van der Waals surface area contributed by atoms with Gasteiger partial charge in [-0.1, -0.05) is 11.8 Å². The van der Waals surface area contributed by atoms with E-state index in [-0.39, 0.29) is 28.7 Å². The van der Waals surface area contributed by atoms with E-state index in [1.165, 1.54) is 11.8 Å². The maximum absolute atomic E-state index is 11.9. The molecule has 3 saturated heterocycles. The molecule has 0 saturated carbocycles. The van der Waals surface area contributed by atoms with E-state index in [1.807, 2.05) is 4.90 Å². The Labute approximate surface area is 116 Å². The topological polar surface area (TPSA) is 76.0 Å². The predicted molar refractivity (Wildman–Crippen MR) is 73.0 cm³/mol. The molecule has 0 bridgehead atoms. The molecule has 0 aromatic rings. The molecule has 3 atom stereocenters. The summed E-state index contributed by atoms with van der Waals surface area (Å²) in [4.78, 5) is 17.9. The minimum absolute atomic E-state index is 0.00560. The van der Waals surface area contributed by atoms with E-state index in [9.17, 15) is 13.2 Å². The molecule has 19 heavy (non-hydrogen) atoms. The van der Waals surface area contributed by atoms with Crippen LogP contribution in [0.15, 0.2) is 4.99 Å². The Hall–Kier alpha value is -0.600. The SMILES string of the molecule is CN1C(=NC(=O)[C@@H]2CCCO2)S[C@H]2CS(=O)(=O)C[C@H]21. The van der Waals surface area contributed by atoms with Crippen molar-refractivity contribution in [3.05, 3.63) is 0 Å². The van der Waals surface area contributed by atoms with Gasteiger partial charge in [-0.05, 0) is 12.8 Å². The molecule has 0 unspecified atom stereocenters. The van der Waals surface area contributed by atoms with E-state index in [1.54, 1.807) is 7.05 Å². The van der Waals surface area contributed by atoms with Gasteiger partial charge in [0, 0.05) is 18.9 Å². The highest BCUT2D eigenvalue weighted by atomic mass is 32.2. The van der Waals surface area contributed by atoms with Gasteiger partial charge in [-0.25, -0.2) is 8.42 Å². The van der Waals surface area contributed by atoms with Crippen LogP contribution < -0.4 is 0 Å². The lowest BCUT2D eigenvalue weighted by Crippen LogP contribution is -2.34. The fourth-order valence-corrected chi connectivity index (χ4v) is 6.68. The summed E-state index contributed by atoms with van der Waals surface area (Å²) in [6.07, 6.45) is 1.21. The Morgan fingerprint density at radius 2 is 2.26 bits per heavy atom. The number of amidine groups is 1. The third-order valence-electron chi connectivity index (χ3n) is 3.74. The summed E-state index contributed by atoms with van der Waals surface area (Å²) in [6.45, 7) is 0.619. The molecule has 3 aliphatic rings. The molecule has 3 fully saturated rings. The van der Waals surface area contributed by atoms with Gasteiger partial charge < -0.3 is 9.64 Å². The van der Waals surface area contributed by atoms with Crippen LogP contribution in [0.1, 0.15) is 12.8 Å². The Kier molecular flexibility index (Phi) is 3.34. The monoisotopic (exact) mass is 304 g/mol. The van der Waals surface area contributed by atoms with Gasteiger partial charge >= 0.3 is 0 Å². The van der Waals surface area contributed by atoms with Gasteiger partial charge in [0.25, 0.3) is 5.91 Å². The molecule has 3 aliphatic heterocycles. The number of aliphatic imine (C=N–C) groups is 1. The van der Waals surface area contributed by atoms with Crippen molar-refractivity contribution in [3.8, 4) is 0 Å². The van der Waals surface area contributed by atoms with Crippen LogP contribution in [0.5, 0.6) is 0 Å². The smallest absolute Gasteiger partial charge is 0.277 e. The molecule has 0 N–H and O–H groups in total. The minimum atomic E-state index is -2.93. The summed E-state index contributed by atoms with van der Waals surface area (Å²) >= 11 is 1.40. The fraction of sp³-hybridized carbons (Fsp3) is 0.818. The number of rotatable bonds is 1. The van der Waals surface area contributed by atoms with Crippen LogP contribution in [0.2, 0.25) is 0 Å². The maximum Gasteiger partial charge on any atom is 0.277 e. The largest absolute Gasteiger partial charge is 0.368 e. The van der Waals surface area contributed by atoms with Crippen LogP contribution >= 0.6 is 11.8 Å². The van der Waals surface area contributed by atoms with Gasteiger partial charge in [0.2, 0.25) is 0 Å². The summed E-state index contributed by atoms with van der Waals surface area (Å²) < 4.78 is 28.4. The van der Waals surface area contributed by atoms with Crippen molar-refractivity contribution in [2.45, 2.75) is 30.2 Å². The number of carbonyl (C=O) groups is 1. The zero-order chi connectivity index (χ0) is 13.6. The molecular weight excluding hydrogens is 288 g/mol. The second-order valence-electron chi connectivity index (χ2n) is 5.15. The van der Waals surface area contributed by atoms with E-state index in [0.29, 0.717) is 11.8 Å². The van der Waals surface area contributed by atoms with E-state index in [2.05, 4.69) is 4.99 Å². The van der Waals surface area contributed by atoms with Gasteiger partial charge in [-0.15, -0.1) is 0 Å². The maximum atomic E-state index is 11.9. The van der Waals surface area contributed by atoms with E-state index < -0.39 is 15.9 Å². The third-order valence-corrected chi connectivity index (χ3v) is 7.04. The average Bonchev–Trinajstić information content (AvgIpc) is 2.99. The number of fused-ring (bicyclic) bond motifs is 1. The van der Waals surface area contributed by atoms with Crippen molar-refractivity contribution < 1.29 is 17.9 Å². The van der Waals surface area contributed by atoms with Crippen molar-refractivity contribution in [2.24, 2.45) is 4.99 Å². The number of sulfone groups is 1. The highest BCUT2D eigenvalue weighted by molar-refractivity contribution is 8.15. The highest BCUT2D eigenvalue weighted by Crippen LogP contribution is 2.37. The van der Waals surface area contributed by atoms with Crippen LogP contribution in [0, 0.1) is 0 Å². The van der Waals surface area contributed by atoms with Gasteiger partial charge in [0.05, 0.1) is 17.5 Å². The third kappa shape index (κ3) is 2.53. The molecule has 0 aromatic carbocycles. The Morgan fingerprint density at radius 3 is 2.89 bits per heavy atom. The molecular formula is C11H16N2O4S2. The fourth-order valence-electron chi connectivity index (χ4n) is 2.67. The van der Waals surface area contributed by atoms with Crippen molar-refractivity contribution in [1.29, 1.82) is 0 Å². The summed E-state index contributed by atoms with van der Waals surface area (Å²) in [5.74, 6) is 0.100. The van der Waals surface area contributed by atoms with E-state index in [0.717, 1.165) is 12.8 Å². The molecule has 3 heterocycles. The van der Waals surface area contributed by atoms with Crippen LogP contribution in [-0.4, -0.2) is 66.9 Å². The first kappa shape index (κ1) is 13.4. The van der Waals surface area contributed by atoms with Crippen LogP contribution in [-0.2, 0) is 19.4 Å². The van der Waals surface area contributed by atoms with Crippen molar-refractivity contribution in [1.82, 2.24) is 4.90 Å². The van der Waals surface area contributed by atoms with E-state index in [4.69, 9.17) is 4.74 Å². The molecule has 8 heteroatoms. The Bertz CT molecular complexity index is 525. The number of amides is 1. The molecule has 0 aliphatic carbocycles. The quantitative estimate of drug-likeness (QED) is 0.673. The van der Waals surface area contributed by atoms with E-state index >= 15 is 0 Å². The van der Waals surface area contributed by atoms with Crippen molar-refractivity contribution >= 4 is 32.7 Å². The Balaban J connectivity index is 1.73. The first-order valence-corrected chi connectivity index (χ1v) is 9.00. The van der Waals surface area contributed by atoms with Crippen LogP contribution in [0.25, 0.3) is 0 Å².